The molecule has 1 aromatic carbocycles. The van der Waals surface area contributed by atoms with Gasteiger partial charge in [-0.15, -0.1) is 0 Å². The number of anilines is 1. The predicted octanol–water partition coefficient (Wildman–Crippen LogP) is 3.45. The van der Waals surface area contributed by atoms with Gasteiger partial charge in [0.25, 0.3) is 5.69 Å². The molecule has 0 atom stereocenters. The van der Waals surface area contributed by atoms with E-state index in [0.717, 1.165) is 31.2 Å². The SMILES string of the molecule is COc1ccc(NC(=O)C2(c3ccc([N+](=O)[O-])cc3)CCCC2)cn1. The Balaban J connectivity index is 1.85. The van der Waals surface area contributed by atoms with Gasteiger partial charge in [-0.1, -0.05) is 25.0 Å². The lowest BCUT2D eigenvalue weighted by Crippen LogP contribution is -2.38. The molecule has 1 N–H and O–H groups in total. The first-order chi connectivity index (χ1) is 12.0. The molecule has 1 aromatic heterocycles. The number of ether oxygens (including phenoxy) is 1. The zero-order chi connectivity index (χ0) is 17.9. The molecule has 130 valence electrons. The minimum atomic E-state index is -0.658. The van der Waals surface area contributed by atoms with Crippen molar-refractivity contribution in [2.45, 2.75) is 31.1 Å². The van der Waals surface area contributed by atoms with Crippen molar-refractivity contribution in [3.8, 4) is 5.88 Å². The lowest BCUT2D eigenvalue weighted by Gasteiger charge is -2.28. The molecular weight excluding hydrogens is 322 g/mol. The summed E-state index contributed by atoms with van der Waals surface area (Å²) in [5, 5.41) is 13.8. The van der Waals surface area contributed by atoms with E-state index in [1.54, 1.807) is 30.5 Å². The first-order valence-corrected chi connectivity index (χ1v) is 8.11. The van der Waals surface area contributed by atoms with Gasteiger partial charge in [-0.05, 0) is 24.5 Å². The monoisotopic (exact) mass is 341 g/mol. The molecule has 1 aliphatic rings. The first-order valence-electron chi connectivity index (χ1n) is 8.11. The average molecular weight is 341 g/mol. The van der Waals surface area contributed by atoms with E-state index in [0.29, 0.717) is 11.6 Å². The molecule has 1 aliphatic carbocycles. The number of hydrogen-bond donors (Lipinski definition) is 1. The molecule has 1 saturated carbocycles. The number of carbonyl (C=O) groups excluding carboxylic acids is 1. The minimum absolute atomic E-state index is 0.0247. The Morgan fingerprint density at radius 1 is 1.20 bits per heavy atom. The van der Waals surface area contributed by atoms with Crippen LogP contribution >= 0.6 is 0 Å². The van der Waals surface area contributed by atoms with Crippen molar-refractivity contribution in [1.29, 1.82) is 0 Å². The second-order valence-electron chi connectivity index (χ2n) is 6.14. The van der Waals surface area contributed by atoms with Gasteiger partial charge in [0.05, 0.1) is 29.3 Å². The number of methoxy groups -OCH3 is 1. The molecule has 7 nitrogen and oxygen atoms in total. The molecule has 1 heterocycles. The van der Waals surface area contributed by atoms with Crippen molar-refractivity contribution in [3.05, 3.63) is 58.3 Å². The second-order valence-corrected chi connectivity index (χ2v) is 6.14. The lowest BCUT2D eigenvalue weighted by molar-refractivity contribution is -0.384. The van der Waals surface area contributed by atoms with Gasteiger partial charge in [-0.2, -0.15) is 0 Å². The summed E-state index contributed by atoms with van der Waals surface area (Å²) in [7, 11) is 1.53. The lowest BCUT2D eigenvalue weighted by atomic mass is 9.78. The summed E-state index contributed by atoms with van der Waals surface area (Å²) in [6.45, 7) is 0. The quantitative estimate of drug-likeness (QED) is 0.664. The van der Waals surface area contributed by atoms with E-state index >= 15 is 0 Å². The van der Waals surface area contributed by atoms with E-state index < -0.39 is 10.3 Å². The Morgan fingerprint density at radius 2 is 1.88 bits per heavy atom. The van der Waals surface area contributed by atoms with Crippen molar-refractivity contribution < 1.29 is 14.5 Å². The number of amides is 1. The van der Waals surface area contributed by atoms with Gasteiger partial charge in [0.2, 0.25) is 11.8 Å². The molecule has 0 bridgehead atoms. The third kappa shape index (κ3) is 3.31. The van der Waals surface area contributed by atoms with Crippen molar-refractivity contribution in [2.24, 2.45) is 0 Å². The normalized spacial score (nSPS) is 15.6. The fraction of sp³-hybridized carbons (Fsp3) is 0.333. The van der Waals surface area contributed by atoms with Crippen LogP contribution in [0.25, 0.3) is 0 Å². The number of rotatable bonds is 5. The molecule has 0 saturated heterocycles. The Labute approximate surface area is 145 Å². The number of nitro groups is 1. The van der Waals surface area contributed by atoms with Crippen molar-refractivity contribution in [1.82, 2.24) is 4.98 Å². The summed E-state index contributed by atoms with van der Waals surface area (Å²) < 4.78 is 5.01. The largest absolute Gasteiger partial charge is 0.481 e. The highest BCUT2D eigenvalue weighted by molar-refractivity contribution is 5.99. The molecule has 0 spiro atoms. The fourth-order valence-corrected chi connectivity index (χ4v) is 3.35. The van der Waals surface area contributed by atoms with Gasteiger partial charge in [-0.3, -0.25) is 14.9 Å². The zero-order valence-electron chi connectivity index (χ0n) is 13.9. The molecule has 2 aromatic rings. The summed E-state index contributed by atoms with van der Waals surface area (Å²) in [6.07, 6.45) is 4.90. The average Bonchev–Trinajstić information content (AvgIpc) is 3.13. The Kier molecular flexibility index (Phi) is 4.65. The third-order valence-corrected chi connectivity index (χ3v) is 4.73. The van der Waals surface area contributed by atoms with Crippen LogP contribution < -0.4 is 10.1 Å². The summed E-state index contributed by atoms with van der Waals surface area (Å²) in [6, 6.07) is 9.71. The van der Waals surface area contributed by atoms with E-state index in [1.807, 2.05) is 0 Å². The van der Waals surface area contributed by atoms with E-state index in [9.17, 15) is 14.9 Å². The highest BCUT2D eigenvalue weighted by Gasteiger charge is 2.42. The van der Waals surface area contributed by atoms with Gasteiger partial charge in [0, 0.05) is 18.2 Å². The molecule has 3 rings (SSSR count). The second kappa shape index (κ2) is 6.88. The smallest absolute Gasteiger partial charge is 0.269 e. The van der Waals surface area contributed by atoms with Crippen LogP contribution in [-0.4, -0.2) is 22.9 Å². The maximum Gasteiger partial charge on any atom is 0.269 e. The fourth-order valence-electron chi connectivity index (χ4n) is 3.35. The molecule has 0 unspecified atom stereocenters. The van der Waals surface area contributed by atoms with E-state index in [-0.39, 0.29) is 11.6 Å². The van der Waals surface area contributed by atoms with Crippen LogP contribution in [0.1, 0.15) is 31.2 Å². The summed E-state index contributed by atoms with van der Waals surface area (Å²) in [5.74, 6) is 0.370. The molecular formula is C18H19N3O4. The molecule has 0 radical (unpaired) electrons. The van der Waals surface area contributed by atoms with Crippen molar-refractivity contribution in [3.63, 3.8) is 0 Å². The maximum atomic E-state index is 13.0. The van der Waals surface area contributed by atoms with Crippen LogP contribution in [0.15, 0.2) is 42.6 Å². The summed E-state index contributed by atoms with van der Waals surface area (Å²) >= 11 is 0. The van der Waals surface area contributed by atoms with E-state index in [2.05, 4.69) is 10.3 Å². The minimum Gasteiger partial charge on any atom is -0.481 e. The van der Waals surface area contributed by atoms with E-state index in [1.165, 1.54) is 19.2 Å². The van der Waals surface area contributed by atoms with Crippen LogP contribution in [0.2, 0.25) is 0 Å². The topological polar surface area (TPSA) is 94.4 Å². The number of nitro benzene ring substituents is 1. The third-order valence-electron chi connectivity index (χ3n) is 4.73. The number of nitrogens with zero attached hydrogens (tertiary/aromatic N) is 2. The first kappa shape index (κ1) is 16.9. The number of non-ortho nitro benzene ring substituents is 1. The number of nitrogens with one attached hydrogen (secondary N) is 1. The predicted molar refractivity (Wildman–Crippen MR) is 92.7 cm³/mol. The van der Waals surface area contributed by atoms with Gasteiger partial charge < -0.3 is 10.1 Å². The summed E-state index contributed by atoms with van der Waals surface area (Å²) in [4.78, 5) is 27.5. The molecule has 1 amide bonds. The van der Waals surface area contributed by atoms with Gasteiger partial charge in [0.15, 0.2) is 0 Å². The Morgan fingerprint density at radius 3 is 2.40 bits per heavy atom. The summed E-state index contributed by atoms with van der Waals surface area (Å²) in [5.41, 5.74) is 0.778. The highest BCUT2D eigenvalue weighted by atomic mass is 16.6. The van der Waals surface area contributed by atoms with Gasteiger partial charge in [0.1, 0.15) is 0 Å². The van der Waals surface area contributed by atoms with Crippen LogP contribution in [0.4, 0.5) is 11.4 Å². The zero-order valence-corrected chi connectivity index (χ0v) is 13.9. The Bertz CT molecular complexity index is 766. The Hall–Kier alpha value is -2.96. The van der Waals surface area contributed by atoms with Crippen LogP contribution in [-0.2, 0) is 10.2 Å². The van der Waals surface area contributed by atoms with Crippen molar-refractivity contribution in [2.75, 3.05) is 12.4 Å². The number of carbonyl (C=O) groups is 1. The molecule has 25 heavy (non-hydrogen) atoms. The van der Waals surface area contributed by atoms with Crippen LogP contribution in [0.5, 0.6) is 5.88 Å². The van der Waals surface area contributed by atoms with Gasteiger partial charge >= 0.3 is 0 Å². The number of pyridine rings is 1. The molecule has 1 fully saturated rings. The highest BCUT2D eigenvalue weighted by Crippen LogP contribution is 2.42. The number of hydrogen-bond acceptors (Lipinski definition) is 5. The van der Waals surface area contributed by atoms with Crippen LogP contribution in [0, 0.1) is 10.1 Å². The number of benzene rings is 1. The van der Waals surface area contributed by atoms with Crippen LogP contribution in [0.3, 0.4) is 0 Å². The molecule has 0 aliphatic heterocycles. The van der Waals surface area contributed by atoms with Gasteiger partial charge in [-0.25, -0.2) is 4.98 Å². The maximum absolute atomic E-state index is 13.0. The molecule has 7 heteroatoms. The standard InChI is InChI=1S/C18H19N3O4/c1-25-16-9-6-14(12-19-16)20-17(22)18(10-2-3-11-18)13-4-7-15(8-5-13)21(23)24/h4-9,12H,2-3,10-11H2,1H3,(H,20,22). The number of aromatic nitrogens is 1. The van der Waals surface area contributed by atoms with E-state index in [4.69, 9.17) is 4.74 Å². The van der Waals surface area contributed by atoms with Crippen molar-refractivity contribution >= 4 is 17.3 Å².